The highest BCUT2D eigenvalue weighted by Gasteiger charge is 2.48. The van der Waals surface area contributed by atoms with Crippen LogP contribution in [0.25, 0.3) is 22.0 Å². The number of benzene rings is 2. The van der Waals surface area contributed by atoms with Crippen molar-refractivity contribution >= 4 is 51.2 Å². The Kier molecular flexibility index (Phi) is 5.13. The number of aryl methyl sites for hydroxylation is 2. The maximum Gasteiger partial charge on any atom is 0.296 e. The molecule has 6 rings (SSSR count). The zero-order valence-electron chi connectivity index (χ0n) is 20.0. The van der Waals surface area contributed by atoms with Gasteiger partial charge in [-0.25, -0.2) is 4.98 Å². The minimum atomic E-state index is -1.09. The average Bonchev–Trinajstić information content (AvgIpc) is 3.63. The molecule has 0 bridgehead atoms. The molecule has 4 heterocycles. The Balaban J connectivity index is 1.50. The average molecular weight is 518 g/mol. The Morgan fingerprint density at radius 2 is 1.95 bits per heavy atom. The Hall–Kier alpha value is -4.50. The normalized spacial score (nSPS) is 15.9. The minimum Gasteiger partial charge on any atom is -0.503 e. The van der Waals surface area contributed by atoms with Crippen molar-refractivity contribution in [2.45, 2.75) is 19.9 Å². The molecule has 1 amide bonds. The van der Waals surface area contributed by atoms with Gasteiger partial charge >= 0.3 is 0 Å². The molecule has 1 atom stereocenters. The Morgan fingerprint density at radius 1 is 1.14 bits per heavy atom. The lowest BCUT2D eigenvalue weighted by atomic mass is 9.99. The van der Waals surface area contributed by atoms with Crippen molar-refractivity contribution in [2.24, 2.45) is 0 Å². The number of fused-ring (bicyclic) bond motifs is 2. The van der Waals surface area contributed by atoms with E-state index < -0.39 is 23.5 Å². The third-order valence-electron chi connectivity index (χ3n) is 6.33. The number of halogens is 1. The molecule has 1 aliphatic rings. The number of H-pyrrole nitrogens is 1. The number of hydrogen-bond donors (Lipinski definition) is 2. The van der Waals surface area contributed by atoms with Gasteiger partial charge in [0.1, 0.15) is 17.6 Å². The van der Waals surface area contributed by atoms with Crippen LogP contribution in [0, 0.1) is 13.8 Å². The van der Waals surface area contributed by atoms with Gasteiger partial charge in [-0.2, -0.15) is 0 Å². The van der Waals surface area contributed by atoms with Crippen LogP contribution in [0.3, 0.4) is 0 Å². The molecule has 5 aromatic rings. The van der Waals surface area contributed by atoms with Crippen LogP contribution >= 0.6 is 11.6 Å². The molecule has 1 aliphatic heterocycles. The fourth-order valence-corrected chi connectivity index (χ4v) is 4.85. The third kappa shape index (κ3) is 3.58. The molecular weight excluding hydrogens is 498 g/mol. The first-order chi connectivity index (χ1) is 17.7. The number of Topliss-reactive ketones (excluding diaryl/α,β-unsaturated/α-hetero) is 1. The molecule has 37 heavy (non-hydrogen) atoms. The molecule has 9 nitrogen and oxygen atoms in total. The molecule has 0 radical (unpaired) electrons. The predicted octanol–water partition coefficient (Wildman–Crippen LogP) is 5.96. The summed E-state index contributed by atoms with van der Waals surface area (Å²) in [6, 6.07) is 12.6. The van der Waals surface area contributed by atoms with Crippen molar-refractivity contribution in [1.82, 2.24) is 9.97 Å². The number of anilines is 1. The number of methoxy groups -OCH3 is 1. The van der Waals surface area contributed by atoms with Gasteiger partial charge in [0.15, 0.2) is 22.9 Å². The number of ketones is 1. The van der Waals surface area contributed by atoms with Crippen LogP contribution in [0.4, 0.5) is 5.95 Å². The summed E-state index contributed by atoms with van der Waals surface area (Å²) < 4.78 is 17.0. The van der Waals surface area contributed by atoms with Gasteiger partial charge in [-0.3, -0.25) is 14.5 Å². The van der Waals surface area contributed by atoms with Gasteiger partial charge in [-0.15, -0.1) is 0 Å². The van der Waals surface area contributed by atoms with Gasteiger partial charge in [0.2, 0.25) is 11.7 Å². The second-order valence-corrected chi connectivity index (χ2v) is 9.27. The van der Waals surface area contributed by atoms with E-state index in [4.69, 9.17) is 25.2 Å². The first kappa shape index (κ1) is 22.9. The summed E-state index contributed by atoms with van der Waals surface area (Å²) in [5.41, 5.74) is 2.46. The fourth-order valence-electron chi connectivity index (χ4n) is 4.63. The van der Waals surface area contributed by atoms with E-state index in [9.17, 15) is 14.7 Å². The highest BCUT2D eigenvalue weighted by molar-refractivity contribution is 6.31. The Morgan fingerprint density at radius 3 is 2.68 bits per heavy atom. The maximum atomic E-state index is 13.8. The number of nitrogens with one attached hydrogen (secondary N) is 1. The van der Waals surface area contributed by atoms with E-state index in [0.29, 0.717) is 38.5 Å². The molecule has 2 aromatic carbocycles. The number of rotatable bonds is 5. The third-order valence-corrected chi connectivity index (χ3v) is 6.55. The second-order valence-electron chi connectivity index (χ2n) is 8.84. The van der Waals surface area contributed by atoms with E-state index in [1.54, 1.807) is 31.2 Å². The van der Waals surface area contributed by atoms with Crippen LogP contribution in [-0.2, 0) is 4.79 Å². The molecule has 0 saturated carbocycles. The number of furan rings is 2. The zero-order chi connectivity index (χ0) is 26.0. The SMILES string of the molecule is COc1cc(Cl)cc2cc(C(=O)C3=C(O)C(=O)N(c4nc5ccc(C)cc5[nH]4)C3c3ccc(C)o3)oc12. The highest BCUT2D eigenvalue weighted by atomic mass is 35.5. The number of carbonyl (C=O) groups is 2. The van der Waals surface area contributed by atoms with Gasteiger partial charge in [-0.1, -0.05) is 17.7 Å². The van der Waals surface area contributed by atoms with E-state index in [2.05, 4.69) is 9.97 Å². The van der Waals surface area contributed by atoms with Gasteiger partial charge in [0, 0.05) is 16.5 Å². The standard InChI is InChI=1S/C27H20ClN3O6/c1-12-4-6-16-17(8-12)30-27(29-16)31-22(18-7-5-13(2)36-18)21(24(33)26(31)34)23(32)19-10-14-9-15(28)11-20(35-3)25(14)37-19/h4-11,22,33H,1-3H3,(H,29,30). The summed E-state index contributed by atoms with van der Waals surface area (Å²) in [5.74, 6) is -0.928. The number of aromatic nitrogens is 2. The van der Waals surface area contributed by atoms with Crippen molar-refractivity contribution in [3.05, 3.63) is 87.7 Å². The van der Waals surface area contributed by atoms with E-state index in [-0.39, 0.29) is 23.0 Å². The lowest BCUT2D eigenvalue weighted by molar-refractivity contribution is -0.117. The first-order valence-electron chi connectivity index (χ1n) is 11.4. The van der Waals surface area contributed by atoms with Crippen LogP contribution in [-0.4, -0.2) is 33.9 Å². The van der Waals surface area contributed by atoms with Crippen molar-refractivity contribution in [3.8, 4) is 5.75 Å². The molecule has 0 spiro atoms. The van der Waals surface area contributed by atoms with Crippen molar-refractivity contribution in [1.29, 1.82) is 0 Å². The summed E-state index contributed by atoms with van der Waals surface area (Å²) in [5, 5.41) is 11.9. The highest BCUT2D eigenvalue weighted by Crippen LogP contribution is 2.43. The van der Waals surface area contributed by atoms with Gasteiger partial charge in [0.05, 0.1) is 23.7 Å². The molecule has 0 saturated heterocycles. The minimum absolute atomic E-state index is 0.0970. The molecular formula is C27H20ClN3O6. The molecule has 0 aliphatic carbocycles. The van der Waals surface area contributed by atoms with E-state index in [1.165, 1.54) is 18.1 Å². The summed E-state index contributed by atoms with van der Waals surface area (Å²) in [4.78, 5) is 36.1. The second kappa shape index (κ2) is 8.28. The maximum absolute atomic E-state index is 13.8. The molecule has 1 unspecified atom stereocenters. The van der Waals surface area contributed by atoms with Crippen LogP contribution in [0.2, 0.25) is 5.02 Å². The molecule has 3 aromatic heterocycles. The molecule has 10 heteroatoms. The smallest absolute Gasteiger partial charge is 0.296 e. The van der Waals surface area contributed by atoms with E-state index in [1.807, 2.05) is 25.1 Å². The number of hydrogen-bond acceptors (Lipinski definition) is 7. The molecule has 0 fully saturated rings. The number of ether oxygens (including phenoxy) is 1. The van der Waals surface area contributed by atoms with Gasteiger partial charge in [-0.05, 0) is 55.8 Å². The van der Waals surface area contributed by atoms with Gasteiger partial charge < -0.3 is 23.7 Å². The lowest BCUT2D eigenvalue weighted by Crippen LogP contribution is -2.31. The van der Waals surface area contributed by atoms with Gasteiger partial charge in [0.25, 0.3) is 5.91 Å². The monoisotopic (exact) mass is 517 g/mol. The number of aromatic amines is 1. The van der Waals surface area contributed by atoms with Crippen LogP contribution in [0.1, 0.15) is 33.7 Å². The largest absolute Gasteiger partial charge is 0.503 e. The van der Waals surface area contributed by atoms with Crippen molar-refractivity contribution in [2.75, 3.05) is 12.0 Å². The van der Waals surface area contributed by atoms with Crippen LogP contribution < -0.4 is 9.64 Å². The molecule has 2 N–H and O–H groups in total. The number of imidazole rings is 1. The topological polar surface area (TPSA) is 122 Å². The summed E-state index contributed by atoms with van der Waals surface area (Å²) in [7, 11) is 1.46. The number of aliphatic hydroxyl groups excluding tert-OH is 1. The lowest BCUT2D eigenvalue weighted by Gasteiger charge is -2.22. The van der Waals surface area contributed by atoms with Crippen LogP contribution in [0.15, 0.2) is 68.7 Å². The zero-order valence-corrected chi connectivity index (χ0v) is 20.7. The summed E-state index contributed by atoms with van der Waals surface area (Å²) in [6.07, 6.45) is 0. The number of carbonyl (C=O) groups excluding carboxylic acids is 2. The number of nitrogens with zero attached hydrogens (tertiary/aromatic N) is 2. The number of amides is 1. The van der Waals surface area contributed by atoms with Crippen molar-refractivity contribution in [3.63, 3.8) is 0 Å². The Labute approximate surface area is 214 Å². The first-order valence-corrected chi connectivity index (χ1v) is 11.7. The van der Waals surface area contributed by atoms with E-state index >= 15 is 0 Å². The molecule has 186 valence electrons. The fraction of sp³-hybridized carbons (Fsp3) is 0.148. The summed E-state index contributed by atoms with van der Waals surface area (Å²) >= 11 is 6.17. The van der Waals surface area contributed by atoms with Crippen molar-refractivity contribution < 1.29 is 28.3 Å². The predicted molar refractivity (Wildman–Crippen MR) is 136 cm³/mol. The Bertz CT molecular complexity index is 1780. The number of aliphatic hydroxyl groups is 1. The quantitative estimate of drug-likeness (QED) is 0.276. The van der Waals surface area contributed by atoms with E-state index in [0.717, 1.165) is 5.56 Å². The summed E-state index contributed by atoms with van der Waals surface area (Å²) in [6.45, 7) is 3.68. The van der Waals surface area contributed by atoms with Crippen LogP contribution in [0.5, 0.6) is 5.75 Å².